The van der Waals surface area contributed by atoms with Gasteiger partial charge in [-0.3, -0.25) is 5.32 Å². The Hall–Kier alpha value is -1.47. The van der Waals surface area contributed by atoms with Crippen molar-refractivity contribution in [1.82, 2.24) is 0 Å². The van der Waals surface area contributed by atoms with Crippen molar-refractivity contribution in [1.29, 1.82) is 0 Å². The molecule has 2 rings (SSSR count). The number of carbonyl (C=O) groups excluding carboxylic acids is 1. The highest BCUT2D eigenvalue weighted by atomic mass is 35.5. The topological polar surface area (TPSA) is 50.4 Å². The van der Waals surface area contributed by atoms with Crippen molar-refractivity contribution in [2.45, 2.75) is 0 Å². The molecule has 0 heterocycles. The maximum atomic E-state index is 11.6. The van der Waals surface area contributed by atoms with Crippen molar-refractivity contribution in [2.24, 2.45) is 0 Å². The van der Waals surface area contributed by atoms with Crippen molar-refractivity contribution in [3.63, 3.8) is 0 Å². The van der Waals surface area contributed by atoms with Crippen LogP contribution in [-0.2, 0) is 4.74 Å². The molecule has 24 heavy (non-hydrogen) atoms. The van der Waals surface area contributed by atoms with Gasteiger partial charge in [0, 0.05) is 17.1 Å². The van der Waals surface area contributed by atoms with Crippen LogP contribution in [0, 0.1) is 0 Å². The van der Waals surface area contributed by atoms with Crippen LogP contribution in [0.2, 0.25) is 10.0 Å². The van der Waals surface area contributed by atoms with Crippen LogP contribution >= 0.6 is 47.2 Å². The van der Waals surface area contributed by atoms with E-state index in [0.29, 0.717) is 25.8 Å². The molecule has 0 aromatic heterocycles. The van der Waals surface area contributed by atoms with E-state index in [9.17, 15) is 4.79 Å². The molecule has 8 heteroatoms. The van der Waals surface area contributed by atoms with E-state index in [1.807, 2.05) is 18.2 Å². The van der Waals surface area contributed by atoms with Gasteiger partial charge in [-0.2, -0.15) is 0 Å². The van der Waals surface area contributed by atoms with Gasteiger partial charge in [-0.1, -0.05) is 65.4 Å². The second-order valence-corrected chi connectivity index (χ2v) is 7.10. The fourth-order valence-corrected chi connectivity index (χ4v) is 2.88. The van der Waals surface area contributed by atoms with Crippen LogP contribution in [0.4, 0.5) is 16.2 Å². The first kappa shape index (κ1) is 18.9. The molecular weight excluding hydrogens is 387 g/mol. The fourth-order valence-electron chi connectivity index (χ4n) is 1.67. The van der Waals surface area contributed by atoms with E-state index >= 15 is 0 Å². The van der Waals surface area contributed by atoms with Gasteiger partial charge in [-0.05, 0) is 30.3 Å². The number of halogens is 2. The van der Waals surface area contributed by atoms with Crippen molar-refractivity contribution in [2.75, 3.05) is 23.0 Å². The standard InChI is InChI=1S/C16H14Cl2N2O2S2/c17-13-7-6-12(10-14(13)18)20-16(23)24-9-8-22-15(21)19-11-4-2-1-3-5-11/h1-7,10H,8-9H2,(H,19,21)(H,20,23). The first-order valence-corrected chi connectivity index (χ1v) is 9.07. The molecule has 0 radical (unpaired) electrons. The van der Waals surface area contributed by atoms with Crippen molar-refractivity contribution < 1.29 is 9.53 Å². The number of amides is 1. The summed E-state index contributed by atoms with van der Waals surface area (Å²) in [5.74, 6) is 0.537. The van der Waals surface area contributed by atoms with E-state index < -0.39 is 6.09 Å². The van der Waals surface area contributed by atoms with E-state index in [4.69, 9.17) is 40.2 Å². The largest absolute Gasteiger partial charge is 0.448 e. The van der Waals surface area contributed by atoms with Crippen LogP contribution in [0.3, 0.4) is 0 Å². The van der Waals surface area contributed by atoms with Gasteiger partial charge in [0.2, 0.25) is 0 Å². The predicted molar refractivity (Wildman–Crippen MR) is 107 cm³/mol. The van der Waals surface area contributed by atoms with E-state index in [1.54, 1.807) is 30.3 Å². The summed E-state index contributed by atoms with van der Waals surface area (Å²) in [5, 5.41) is 6.61. The molecule has 0 spiro atoms. The minimum atomic E-state index is -0.495. The lowest BCUT2D eigenvalue weighted by Crippen LogP contribution is -2.16. The summed E-state index contributed by atoms with van der Waals surface area (Å²) in [4.78, 5) is 11.6. The number of anilines is 2. The van der Waals surface area contributed by atoms with Gasteiger partial charge in [0.15, 0.2) is 0 Å². The SMILES string of the molecule is O=C(Nc1ccccc1)OCCSC(=S)Nc1ccc(Cl)c(Cl)c1. The van der Waals surface area contributed by atoms with Gasteiger partial charge in [-0.25, -0.2) is 4.79 Å². The molecule has 0 saturated heterocycles. The molecule has 2 aromatic rings. The number of para-hydroxylation sites is 1. The fraction of sp³-hybridized carbons (Fsp3) is 0.125. The summed E-state index contributed by atoms with van der Waals surface area (Å²) in [5.41, 5.74) is 1.44. The number of hydrogen-bond acceptors (Lipinski definition) is 4. The summed E-state index contributed by atoms with van der Waals surface area (Å²) in [6, 6.07) is 14.3. The summed E-state index contributed by atoms with van der Waals surface area (Å²) in [6.45, 7) is 0.243. The van der Waals surface area contributed by atoms with Gasteiger partial charge < -0.3 is 10.1 Å². The smallest absolute Gasteiger partial charge is 0.411 e. The lowest BCUT2D eigenvalue weighted by molar-refractivity contribution is 0.169. The third kappa shape index (κ3) is 6.57. The van der Waals surface area contributed by atoms with Gasteiger partial charge in [0.25, 0.3) is 0 Å². The number of ether oxygens (including phenoxy) is 1. The third-order valence-corrected chi connectivity index (χ3v) is 4.67. The number of rotatable bonds is 5. The Morgan fingerprint density at radius 2 is 1.79 bits per heavy atom. The lowest BCUT2D eigenvalue weighted by atomic mass is 10.3. The van der Waals surface area contributed by atoms with Crippen molar-refractivity contribution >= 4 is 69.0 Å². The van der Waals surface area contributed by atoms with Crippen LogP contribution in [0.25, 0.3) is 0 Å². The average molecular weight is 401 g/mol. The summed E-state index contributed by atoms with van der Waals surface area (Å²) >= 11 is 18.4. The molecule has 2 N–H and O–H groups in total. The minimum absolute atomic E-state index is 0.243. The maximum absolute atomic E-state index is 11.6. The van der Waals surface area contributed by atoms with Gasteiger partial charge in [-0.15, -0.1) is 0 Å². The van der Waals surface area contributed by atoms with E-state index in [2.05, 4.69) is 10.6 Å². The number of benzene rings is 2. The molecule has 0 bridgehead atoms. The number of nitrogens with one attached hydrogen (secondary N) is 2. The average Bonchev–Trinajstić information content (AvgIpc) is 2.56. The van der Waals surface area contributed by atoms with Crippen LogP contribution in [0.15, 0.2) is 48.5 Å². The third-order valence-electron chi connectivity index (χ3n) is 2.74. The van der Waals surface area contributed by atoms with Crippen molar-refractivity contribution in [3.8, 4) is 0 Å². The molecule has 1 amide bonds. The zero-order valence-corrected chi connectivity index (χ0v) is 15.6. The lowest BCUT2D eigenvalue weighted by Gasteiger charge is -2.09. The molecule has 0 aliphatic rings. The number of carbonyl (C=O) groups is 1. The Labute approximate surface area is 159 Å². The molecule has 0 aliphatic heterocycles. The maximum Gasteiger partial charge on any atom is 0.411 e. The van der Waals surface area contributed by atoms with Gasteiger partial charge in [0.1, 0.15) is 10.9 Å². The molecule has 126 valence electrons. The Bertz CT molecular complexity index is 714. The number of thioether (sulfide) groups is 1. The second-order valence-electron chi connectivity index (χ2n) is 4.52. The highest BCUT2D eigenvalue weighted by Crippen LogP contribution is 2.25. The molecule has 0 saturated carbocycles. The van der Waals surface area contributed by atoms with Gasteiger partial charge >= 0.3 is 6.09 Å². The second kappa shape index (κ2) is 9.74. The minimum Gasteiger partial charge on any atom is -0.448 e. The monoisotopic (exact) mass is 400 g/mol. The van der Waals surface area contributed by atoms with E-state index in [0.717, 1.165) is 5.69 Å². The summed E-state index contributed by atoms with van der Waals surface area (Å²) in [7, 11) is 0. The Morgan fingerprint density at radius 1 is 1.04 bits per heavy atom. The molecule has 2 aromatic carbocycles. The van der Waals surface area contributed by atoms with Gasteiger partial charge in [0.05, 0.1) is 10.0 Å². The molecule has 0 aliphatic carbocycles. The molecule has 0 atom stereocenters. The zero-order chi connectivity index (χ0) is 17.4. The quantitative estimate of drug-likeness (QED) is 0.499. The molecular formula is C16H14Cl2N2O2S2. The number of thiocarbonyl (C=S) groups is 1. The highest BCUT2D eigenvalue weighted by Gasteiger charge is 2.05. The molecule has 0 fully saturated rings. The molecule has 0 unspecified atom stereocenters. The highest BCUT2D eigenvalue weighted by molar-refractivity contribution is 8.23. The Morgan fingerprint density at radius 3 is 2.50 bits per heavy atom. The van der Waals surface area contributed by atoms with Crippen LogP contribution in [-0.4, -0.2) is 22.8 Å². The first-order valence-electron chi connectivity index (χ1n) is 6.92. The first-order chi connectivity index (χ1) is 11.5. The summed E-state index contributed by atoms with van der Waals surface area (Å²) < 4.78 is 5.64. The zero-order valence-electron chi connectivity index (χ0n) is 12.4. The van der Waals surface area contributed by atoms with E-state index in [-0.39, 0.29) is 6.61 Å². The number of hydrogen-bond donors (Lipinski definition) is 2. The van der Waals surface area contributed by atoms with Crippen molar-refractivity contribution in [3.05, 3.63) is 58.6 Å². The normalized spacial score (nSPS) is 10.1. The Kier molecular flexibility index (Phi) is 7.65. The van der Waals surface area contributed by atoms with Crippen LogP contribution in [0.1, 0.15) is 0 Å². The summed E-state index contributed by atoms with van der Waals surface area (Å²) in [6.07, 6.45) is -0.495. The van der Waals surface area contributed by atoms with Crippen LogP contribution < -0.4 is 10.6 Å². The van der Waals surface area contributed by atoms with E-state index in [1.165, 1.54) is 11.8 Å². The predicted octanol–water partition coefficient (Wildman–Crippen LogP) is 5.67. The van der Waals surface area contributed by atoms with Crippen LogP contribution in [0.5, 0.6) is 0 Å². The Balaban J connectivity index is 1.65. The molecule has 4 nitrogen and oxygen atoms in total.